The largest absolute Gasteiger partial charge is 0.443 e. The lowest BCUT2D eigenvalue weighted by Gasteiger charge is -2.33. The fourth-order valence-electron chi connectivity index (χ4n) is 3.84. The number of fused-ring (bicyclic) bond motifs is 1. The molecule has 3 heterocycles. The minimum Gasteiger partial charge on any atom is -0.443 e. The molecule has 1 saturated heterocycles. The summed E-state index contributed by atoms with van der Waals surface area (Å²) in [5.41, 5.74) is 1.15. The second-order valence-electron chi connectivity index (χ2n) is 9.43. The van der Waals surface area contributed by atoms with Crippen LogP contribution in [0.1, 0.15) is 32.0 Å². The van der Waals surface area contributed by atoms with E-state index in [-0.39, 0.29) is 32.1 Å². The number of carbonyl (C=O) groups is 2. The van der Waals surface area contributed by atoms with Crippen LogP contribution in [-0.2, 0) is 26.1 Å². The molecule has 1 aromatic carbocycles. The number of sulfonamides is 1. The number of pyridine rings is 1. The SMILES string of the molecule is CC(C)(C)OC(=O)n1c(CN2CCN(S(=O)(=O)/C=C/c3ccc(Cl)cc3)CC2=O)cc2cnccc21. The fourth-order valence-corrected chi connectivity index (χ4v) is 5.10. The van der Waals surface area contributed by atoms with E-state index in [1.165, 1.54) is 15.5 Å². The van der Waals surface area contributed by atoms with Crippen LogP contribution in [0.3, 0.4) is 0 Å². The minimum atomic E-state index is -3.80. The highest BCUT2D eigenvalue weighted by Gasteiger charge is 2.32. The Kier molecular flexibility index (Phi) is 7.21. The van der Waals surface area contributed by atoms with Crippen LogP contribution < -0.4 is 0 Å². The third-order valence-electron chi connectivity index (χ3n) is 5.55. The van der Waals surface area contributed by atoms with Gasteiger partial charge in [-0.2, -0.15) is 4.31 Å². The Labute approximate surface area is 215 Å². The van der Waals surface area contributed by atoms with E-state index in [2.05, 4.69) is 4.98 Å². The zero-order valence-corrected chi connectivity index (χ0v) is 21.8. The Morgan fingerprint density at radius 1 is 1.17 bits per heavy atom. The van der Waals surface area contributed by atoms with Gasteiger partial charge in [0.05, 0.1) is 18.6 Å². The summed E-state index contributed by atoms with van der Waals surface area (Å²) in [7, 11) is -3.80. The smallest absolute Gasteiger partial charge is 0.419 e. The maximum atomic E-state index is 13.0. The molecule has 4 rings (SSSR count). The number of nitrogens with zero attached hydrogens (tertiary/aromatic N) is 4. The molecule has 3 aromatic rings. The van der Waals surface area contributed by atoms with Crippen LogP contribution in [0.4, 0.5) is 4.79 Å². The molecule has 2 aromatic heterocycles. The van der Waals surface area contributed by atoms with Crippen LogP contribution in [-0.4, -0.2) is 64.4 Å². The molecular weight excluding hydrogens is 504 g/mol. The lowest BCUT2D eigenvalue weighted by molar-refractivity contribution is -0.134. The van der Waals surface area contributed by atoms with Crippen molar-refractivity contribution in [3.05, 3.63) is 70.5 Å². The van der Waals surface area contributed by atoms with Crippen molar-refractivity contribution in [2.45, 2.75) is 32.9 Å². The van der Waals surface area contributed by atoms with Crippen molar-refractivity contribution in [1.82, 2.24) is 18.8 Å². The van der Waals surface area contributed by atoms with Gasteiger partial charge in [-0.1, -0.05) is 23.7 Å². The molecule has 1 amide bonds. The monoisotopic (exact) mass is 530 g/mol. The molecule has 11 heteroatoms. The van der Waals surface area contributed by atoms with Crippen LogP contribution >= 0.6 is 11.6 Å². The molecule has 1 aliphatic rings. The average Bonchev–Trinajstić information content (AvgIpc) is 3.17. The van der Waals surface area contributed by atoms with Crippen molar-refractivity contribution < 1.29 is 22.7 Å². The Balaban J connectivity index is 1.50. The van der Waals surface area contributed by atoms with Crippen molar-refractivity contribution in [2.24, 2.45) is 0 Å². The number of halogens is 1. The van der Waals surface area contributed by atoms with Crippen molar-refractivity contribution in [3.63, 3.8) is 0 Å². The minimum absolute atomic E-state index is 0.126. The summed E-state index contributed by atoms with van der Waals surface area (Å²) in [4.78, 5) is 31.6. The van der Waals surface area contributed by atoms with E-state index in [1.54, 1.807) is 69.6 Å². The summed E-state index contributed by atoms with van der Waals surface area (Å²) in [6, 6.07) is 10.2. The zero-order valence-electron chi connectivity index (χ0n) is 20.2. The van der Waals surface area contributed by atoms with Crippen molar-refractivity contribution in [1.29, 1.82) is 0 Å². The number of hydrogen-bond acceptors (Lipinski definition) is 6. The molecule has 9 nitrogen and oxygen atoms in total. The molecule has 0 aliphatic carbocycles. The van der Waals surface area contributed by atoms with E-state index >= 15 is 0 Å². The number of rotatable bonds is 5. The first-order valence-corrected chi connectivity index (χ1v) is 13.2. The molecule has 1 aliphatic heterocycles. The van der Waals surface area contributed by atoms with Crippen LogP contribution in [0.2, 0.25) is 5.02 Å². The van der Waals surface area contributed by atoms with Gasteiger partial charge in [0.2, 0.25) is 15.9 Å². The van der Waals surface area contributed by atoms with Crippen LogP contribution in [0.15, 0.2) is 54.2 Å². The van der Waals surface area contributed by atoms with Gasteiger partial charge < -0.3 is 9.64 Å². The van der Waals surface area contributed by atoms with Crippen LogP contribution in [0, 0.1) is 0 Å². The molecule has 0 spiro atoms. The molecule has 0 N–H and O–H groups in total. The Morgan fingerprint density at radius 3 is 2.56 bits per heavy atom. The van der Waals surface area contributed by atoms with E-state index in [4.69, 9.17) is 16.3 Å². The van der Waals surface area contributed by atoms with Gasteiger partial charge in [-0.05, 0) is 56.7 Å². The summed E-state index contributed by atoms with van der Waals surface area (Å²) in [6.45, 7) is 5.49. The second-order valence-corrected chi connectivity index (χ2v) is 11.7. The van der Waals surface area contributed by atoms with E-state index in [0.29, 0.717) is 21.8 Å². The second kappa shape index (κ2) is 10.0. The third kappa shape index (κ3) is 5.95. The average molecular weight is 531 g/mol. The first-order chi connectivity index (χ1) is 16.9. The normalized spacial score (nSPS) is 15.7. The number of carbonyl (C=O) groups excluding carboxylic acids is 2. The number of ether oxygens (including phenoxy) is 1. The van der Waals surface area contributed by atoms with E-state index in [9.17, 15) is 18.0 Å². The molecular formula is C25H27ClN4O5S. The van der Waals surface area contributed by atoms with E-state index < -0.39 is 21.7 Å². The van der Waals surface area contributed by atoms with Gasteiger partial charge in [0.25, 0.3) is 0 Å². The lowest BCUT2D eigenvalue weighted by Crippen LogP contribution is -2.51. The molecule has 0 saturated carbocycles. The summed E-state index contributed by atoms with van der Waals surface area (Å²) >= 11 is 5.87. The van der Waals surface area contributed by atoms with Crippen molar-refractivity contribution in [3.8, 4) is 0 Å². The topological polar surface area (TPSA) is 102 Å². The summed E-state index contributed by atoms with van der Waals surface area (Å²) < 4.78 is 33.8. The zero-order chi connectivity index (χ0) is 26.1. The first-order valence-electron chi connectivity index (χ1n) is 11.3. The van der Waals surface area contributed by atoms with Gasteiger partial charge >= 0.3 is 6.09 Å². The highest BCUT2D eigenvalue weighted by molar-refractivity contribution is 7.92. The number of amides is 1. The van der Waals surface area contributed by atoms with Gasteiger partial charge in [0, 0.05) is 47.0 Å². The van der Waals surface area contributed by atoms with Crippen LogP contribution in [0.5, 0.6) is 0 Å². The molecule has 190 valence electrons. The van der Waals surface area contributed by atoms with Gasteiger partial charge in [-0.25, -0.2) is 17.8 Å². The van der Waals surface area contributed by atoms with E-state index in [0.717, 1.165) is 15.1 Å². The summed E-state index contributed by atoms with van der Waals surface area (Å²) in [5, 5.41) is 2.38. The Morgan fingerprint density at radius 2 is 1.89 bits per heavy atom. The van der Waals surface area contributed by atoms with Gasteiger partial charge in [-0.3, -0.25) is 9.78 Å². The lowest BCUT2D eigenvalue weighted by atomic mass is 10.2. The third-order valence-corrected chi connectivity index (χ3v) is 7.32. The highest BCUT2D eigenvalue weighted by Crippen LogP contribution is 2.23. The maximum absolute atomic E-state index is 13.0. The van der Waals surface area contributed by atoms with Crippen LogP contribution in [0.25, 0.3) is 17.0 Å². The quantitative estimate of drug-likeness (QED) is 0.492. The molecule has 36 heavy (non-hydrogen) atoms. The fraction of sp³-hybridized carbons (Fsp3) is 0.320. The molecule has 0 bridgehead atoms. The predicted octanol–water partition coefficient (Wildman–Crippen LogP) is 4.12. The molecule has 1 fully saturated rings. The van der Waals surface area contributed by atoms with E-state index in [1.807, 2.05) is 0 Å². The number of benzene rings is 1. The molecule has 0 unspecified atom stereocenters. The number of hydrogen-bond donors (Lipinski definition) is 0. The highest BCUT2D eigenvalue weighted by atomic mass is 35.5. The molecule has 0 atom stereocenters. The Bertz CT molecular complexity index is 1420. The summed E-state index contributed by atoms with van der Waals surface area (Å²) in [5.74, 6) is -0.358. The Hall–Kier alpha value is -3.21. The maximum Gasteiger partial charge on any atom is 0.419 e. The number of piperazine rings is 1. The van der Waals surface area contributed by atoms with Gasteiger partial charge in [0.15, 0.2) is 0 Å². The van der Waals surface area contributed by atoms with Gasteiger partial charge in [0.1, 0.15) is 5.60 Å². The first kappa shape index (κ1) is 25.9. The van der Waals surface area contributed by atoms with Crippen molar-refractivity contribution in [2.75, 3.05) is 19.6 Å². The summed E-state index contributed by atoms with van der Waals surface area (Å²) in [6.07, 6.45) is 4.13. The standard InChI is InChI=1S/C25H27ClN4O5S/c1-25(2,3)35-24(32)30-21(14-19-15-27-10-8-22(19)30)16-28-11-12-29(17-23(28)31)36(33,34)13-9-18-4-6-20(26)7-5-18/h4-10,13-15H,11-12,16-17H2,1-3H3/b13-9+. The van der Waals surface area contributed by atoms with Crippen molar-refractivity contribution >= 4 is 50.6 Å². The predicted molar refractivity (Wildman–Crippen MR) is 138 cm³/mol. The number of aromatic nitrogens is 2. The molecule has 0 radical (unpaired) electrons. The van der Waals surface area contributed by atoms with Gasteiger partial charge in [-0.15, -0.1) is 0 Å².